The van der Waals surface area contributed by atoms with E-state index in [-0.39, 0.29) is 60.9 Å². The average Bonchev–Trinajstić information content (AvgIpc) is 2.98. The van der Waals surface area contributed by atoms with Gasteiger partial charge in [0.05, 0.1) is 21.2 Å². The molecular weight excluding hydrogens is 435 g/mol. The van der Waals surface area contributed by atoms with Gasteiger partial charge < -0.3 is 24.8 Å². The summed E-state index contributed by atoms with van der Waals surface area (Å²) in [4.78, 5) is 24.4. The van der Waals surface area contributed by atoms with E-state index in [0.717, 1.165) is 0 Å². The van der Waals surface area contributed by atoms with E-state index >= 15 is 0 Å². The third-order valence-electron chi connectivity index (χ3n) is 5.19. The molecule has 0 saturated heterocycles. The first kappa shape index (κ1) is 18.6. The number of hydrogen-bond acceptors (Lipinski definition) is 6. The molecule has 0 radical (unpaired) electrons. The maximum absolute atomic E-state index is 12.8. The fraction of sp³-hybridized carbons (Fsp3) is 0.0476. The minimum atomic E-state index is -1.64. The molecule has 9 heteroatoms. The summed E-state index contributed by atoms with van der Waals surface area (Å²) in [7, 11) is 0. The third-order valence-corrected chi connectivity index (χ3v) is 5.79. The molecule has 0 amide bonds. The summed E-state index contributed by atoms with van der Waals surface area (Å²) in [5, 5.41) is 29.5. The molecule has 7 nitrogen and oxygen atoms in total. The highest BCUT2D eigenvalue weighted by Gasteiger charge is 2.54. The van der Waals surface area contributed by atoms with E-state index in [1.165, 1.54) is 42.5 Å². The van der Waals surface area contributed by atoms with Crippen LogP contribution in [0.5, 0.6) is 23.0 Å². The molecule has 0 fully saturated rings. The number of aromatic hydroxyl groups is 2. The number of phenolic OH excluding ortho intramolecular Hbond substituents is 2. The van der Waals surface area contributed by atoms with Crippen LogP contribution < -0.4 is 4.74 Å². The number of ether oxygens (including phenoxy) is 2. The molecule has 2 heterocycles. The van der Waals surface area contributed by atoms with Crippen LogP contribution in [-0.2, 0) is 10.3 Å². The van der Waals surface area contributed by atoms with Crippen LogP contribution in [0.1, 0.15) is 37.4 Å². The number of aromatic carboxylic acids is 1. The number of phenols is 2. The number of halogens is 2. The second kappa shape index (κ2) is 6.04. The molecule has 3 N–H and O–H groups in total. The van der Waals surface area contributed by atoms with E-state index in [2.05, 4.69) is 0 Å². The Hall–Kier alpha value is -3.42. The fourth-order valence-electron chi connectivity index (χ4n) is 3.86. The monoisotopic (exact) mass is 444 g/mol. The Bertz CT molecular complexity index is 1240. The summed E-state index contributed by atoms with van der Waals surface area (Å²) < 4.78 is 11.7. The van der Waals surface area contributed by atoms with Crippen LogP contribution in [0.3, 0.4) is 0 Å². The Kier molecular flexibility index (Phi) is 3.75. The van der Waals surface area contributed by atoms with E-state index in [1.54, 1.807) is 0 Å². The number of rotatable bonds is 1. The summed E-state index contributed by atoms with van der Waals surface area (Å²) in [6.07, 6.45) is 0. The first-order valence-electron chi connectivity index (χ1n) is 8.57. The van der Waals surface area contributed by atoms with E-state index in [0.29, 0.717) is 0 Å². The second-order valence-corrected chi connectivity index (χ2v) is 7.65. The quantitative estimate of drug-likeness (QED) is 0.467. The van der Waals surface area contributed by atoms with Crippen molar-refractivity contribution >= 4 is 35.1 Å². The van der Waals surface area contributed by atoms with Crippen molar-refractivity contribution in [3.63, 3.8) is 0 Å². The van der Waals surface area contributed by atoms with Crippen LogP contribution >= 0.6 is 23.2 Å². The molecule has 2 aliphatic heterocycles. The normalized spacial score (nSPS) is 15.1. The van der Waals surface area contributed by atoms with Gasteiger partial charge >= 0.3 is 11.9 Å². The topological polar surface area (TPSA) is 113 Å². The standard InChI is InChI=1S/C21H10Cl2O7/c22-13-4-11-17(6-15(13)24)29-18-7-16(25)14(23)5-12(18)21(11)10-3-8(19(26)27)1-2-9(10)20(28)30-21/h1-7,24-25H,(H,26,27). The molecule has 0 bridgehead atoms. The van der Waals surface area contributed by atoms with Gasteiger partial charge in [-0.05, 0) is 30.3 Å². The minimum Gasteiger partial charge on any atom is -0.506 e. The van der Waals surface area contributed by atoms with Gasteiger partial charge in [0.25, 0.3) is 0 Å². The lowest BCUT2D eigenvalue weighted by atomic mass is 9.77. The minimum absolute atomic E-state index is 0.0241. The summed E-state index contributed by atoms with van der Waals surface area (Å²) in [6.45, 7) is 0. The highest BCUT2D eigenvalue weighted by Crippen LogP contribution is 2.58. The molecule has 150 valence electrons. The summed E-state index contributed by atoms with van der Waals surface area (Å²) in [5.74, 6) is -2.17. The Morgan fingerprint density at radius 3 is 1.97 bits per heavy atom. The van der Waals surface area contributed by atoms with Gasteiger partial charge in [0.2, 0.25) is 0 Å². The maximum Gasteiger partial charge on any atom is 0.340 e. The van der Waals surface area contributed by atoms with Gasteiger partial charge in [0, 0.05) is 28.8 Å². The van der Waals surface area contributed by atoms with Crippen molar-refractivity contribution < 1.29 is 34.4 Å². The number of carbonyl (C=O) groups is 2. The Morgan fingerprint density at radius 2 is 1.43 bits per heavy atom. The Balaban J connectivity index is 1.93. The molecule has 1 spiro atoms. The summed E-state index contributed by atoms with van der Waals surface area (Å²) >= 11 is 12.3. The van der Waals surface area contributed by atoms with Crippen LogP contribution in [0.4, 0.5) is 0 Å². The molecule has 0 unspecified atom stereocenters. The van der Waals surface area contributed by atoms with Crippen LogP contribution in [0.25, 0.3) is 0 Å². The van der Waals surface area contributed by atoms with Crippen molar-refractivity contribution in [2.45, 2.75) is 5.60 Å². The van der Waals surface area contributed by atoms with Crippen molar-refractivity contribution in [1.29, 1.82) is 0 Å². The number of fused-ring (bicyclic) bond motifs is 6. The summed E-state index contributed by atoms with van der Waals surface area (Å²) in [5.41, 5.74) is -0.747. The number of carbonyl (C=O) groups excluding carboxylic acids is 1. The zero-order valence-electron chi connectivity index (χ0n) is 14.8. The third kappa shape index (κ3) is 2.33. The lowest BCUT2D eigenvalue weighted by Gasteiger charge is -2.36. The molecule has 30 heavy (non-hydrogen) atoms. The highest BCUT2D eigenvalue weighted by molar-refractivity contribution is 6.32. The van der Waals surface area contributed by atoms with E-state index in [1.807, 2.05) is 0 Å². The van der Waals surface area contributed by atoms with Gasteiger partial charge in [-0.25, -0.2) is 9.59 Å². The molecule has 2 aliphatic rings. The smallest absolute Gasteiger partial charge is 0.340 e. The second-order valence-electron chi connectivity index (χ2n) is 6.84. The van der Waals surface area contributed by atoms with Gasteiger partial charge in [-0.1, -0.05) is 23.2 Å². The number of carboxylic acids is 1. The van der Waals surface area contributed by atoms with Crippen molar-refractivity contribution in [3.8, 4) is 23.0 Å². The summed E-state index contributed by atoms with van der Waals surface area (Å²) in [6, 6.07) is 9.27. The van der Waals surface area contributed by atoms with Gasteiger partial charge in [-0.2, -0.15) is 0 Å². The number of carboxylic acid groups (broad SMARTS) is 1. The van der Waals surface area contributed by atoms with Crippen LogP contribution in [0, 0.1) is 0 Å². The molecule has 0 aliphatic carbocycles. The largest absolute Gasteiger partial charge is 0.506 e. The maximum atomic E-state index is 12.8. The molecule has 3 aromatic rings. The van der Waals surface area contributed by atoms with Gasteiger partial charge in [0.15, 0.2) is 5.60 Å². The van der Waals surface area contributed by atoms with Gasteiger partial charge in [-0.15, -0.1) is 0 Å². The number of benzene rings is 3. The van der Waals surface area contributed by atoms with Crippen LogP contribution in [-0.4, -0.2) is 27.3 Å². The zero-order chi connectivity index (χ0) is 21.4. The Labute approximate surface area is 178 Å². The van der Waals surface area contributed by atoms with Gasteiger partial charge in [0.1, 0.15) is 23.0 Å². The van der Waals surface area contributed by atoms with Gasteiger partial charge in [-0.3, -0.25) is 0 Å². The van der Waals surface area contributed by atoms with Crippen molar-refractivity contribution in [2.24, 2.45) is 0 Å². The zero-order valence-corrected chi connectivity index (χ0v) is 16.3. The van der Waals surface area contributed by atoms with E-state index < -0.39 is 17.5 Å². The first-order chi connectivity index (χ1) is 14.2. The van der Waals surface area contributed by atoms with E-state index in [9.17, 15) is 24.9 Å². The molecular formula is C21H10Cl2O7. The van der Waals surface area contributed by atoms with Crippen molar-refractivity contribution in [2.75, 3.05) is 0 Å². The predicted molar refractivity (Wildman–Crippen MR) is 105 cm³/mol. The molecule has 0 atom stereocenters. The highest BCUT2D eigenvalue weighted by atomic mass is 35.5. The molecule has 3 aromatic carbocycles. The lowest BCUT2D eigenvalue weighted by Crippen LogP contribution is -2.33. The van der Waals surface area contributed by atoms with E-state index in [4.69, 9.17) is 32.7 Å². The molecule has 5 rings (SSSR count). The SMILES string of the molecule is O=C(O)c1ccc2c(c1)C1(OC2=O)c2cc(Cl)c(O)cc2Oc2cc(O)c(Cl)cc21. The molecule has 0 saturated carbocycles. The fourth-order valence-corrected chi connectivity index (χ4v) is 4.19. The number of esters is 1. The van der Waals surface area contributed by atoms with Crippen LogP contribution in [0.2, 0.25) is 10.0 Å². The average molecular weight is 445 g/mol. The van der Waals surface area contributed by atoms with Crippen LogP contribution in [0.15, 0.2) is 42.5 Å². The Morgan fingerprint density at radius 1 is 0.867 bits per heavy atom. The van der Waals surface area contributed by atoms with Crippen molar-refractivity contribution in [1.82, 2.24) is 0 Å². The van der Waals surface area contributed by atoms with Crippen molar-refractivity contribution in [3.05, 3.63) is 80.3 Å². The lowest BCUT2D eigenvalue weighted by molar-refractivity contribution is 0.0224. The predicted octanol–water partition coefficient (Wildman–Crippen LogP) is 4.67. The first-order valence-corrected chi connectivity index (χ1v) is 9.33. The number of hydrogen-bond donors (Lipinski definition) is 3. The molecule has 0 aromatic heterocycles.